The third-order valence-electron chi connectivity index (χ3n) is 3.16. The molecule has 1 unspecified atom stereocenters. The molecule has 1 aliphatic rings. The Morgan fingerprint density at radius 1 is 1.47 bits per heavy atom. The van der Waals surface area contributed by atoms with Crippen molar-refractivity contribution in [1.29, 1.82) is 0 Å². The van der Waals surface area contributed by atoms with Crippen LogP contribution in [0.1, 0.15) is 24.8 Å². The number of carbonyl (C=O) groups excluding carboxylic acids is 1. The fraction of sp³-hybridized carbons (Fsp3) is 0.500. The van der Waals surface area contributed by atoms with Crippen LogP contribution in [0, 0.1) is 0 Å². The van der Waals surface area contributed by atoms with Crippen molar-refractivity contribution in [3.05, 3.63) is 28.8 Å². The normalized spacial score (nSPS) is 19.7. The molecule has 1 amide bonds. The van der Waals surface area contributed by atoms with Crippen molar-refractivity contribution in [2.24, 2.45) is 0 Å². The predicted molar refractivity (Wildman–Crippen MR) is 75.5 cm³/mol. The van der Waals surface area contributed by atoms with Crippen LogP contribution >= 0.6 is 11.6 Å². The number of amides is 1. The summed E-state index contributed by atoms with van der Waals surface area (Å²) < 4.78 is 5.88. The molecule has 0 spiro atoms. The Kier molecular flexibility index (Phi) is 5.05. The number of rotatable bonds is 4. The van der Waals surface area contributed by atoms with E-state index in [1.54, 1.807) is 6.07 Å². The van der Waals surface area contributed by atoms with Crippen LogP contribution in [0.15, 0.2) is 18.2 Å². The molecule has 5 heteroatoms. The molecule has 104 valence electrons. The van der Waals surface area contributed by atoms with E-state index in [0.29, 0.717) is 17.3 Å². The van der Waals surface area contributed by atoms with E-state index in [9.17, 15) is 4.79 Å². The van der Waals surface area contributed by atoms with Crippen molar-refractivity contribution in [2.45, 2.75) is 31.9 Å². The molecule has 0 aliphatic carbocycles. The van der Waals surface area contributed by atoms with Gasteiger partial charge in [-0.05, 0) is 32.4 Å². The Bertz CT molecular complexity index is 451. The molecule has 1 fully saturated rings. The number of hydrogen-bond donors (Lipinski definition) is 2. The highest BCUT2D eigenvalue weighted by atomic mass is 35.5. The quantitative estimate of drug-likeness (QED) is 0.889. The lowest BCUT2D eigenvalue weighted by molar-refractivity contribution is -0.127. The average molecular weight is 283 g/mol. The Labute approximate surface area is 118 Å². The maximum atomic E-state index is 11.9. The summed E-state index contributed by atoms with van der Waals surface area (Å²) in [6.07, 6.45) is 2.26. The average Bonchev–Trinajstić information content (AvgIpc) is 2.59. The molecule has 0 aromatic heterocycles. The molecule has 2 N–H and O–H groups in total. The third-order valence-corrected chi connectivity index (χ3v) is 3.46. The van der Waals surface area contributed by atoms with Gasteiger partial charge in [-0.25, -0.2) is 0 Å². The number of ether oxygens (including phenoxy) is 1. The largest absolute Gasteiger partial charge is 0.479 e. The van der Waals surface area contributed by atoms with E-state index >= 15 is 0 Å². The van der Waals surface area contributed by atoms with E-state index in [-0.39, 0.29) is 5.91 Å². The molecule has 1 aromatic carbocycles. The monoisotopic (exact) mass is 282 g/mol. The molecule has 0 bridgehead atoms. The molecule has 1 aromatic rings. The Morgan fingerprint density at radius 2 is 2.32 bits per heavy atom. The van der Waals surface area contributed by atoms with Crippen LogP contribution < -0.4 is 15.4 Å². The van der Waals surface area contributed by atoms with Crippen molar-refractivity contribution in [1.82, 2.24) is 10.6 Å². The van der Waals surface area contributed by atoms with E-state index in [0.717, 1.165) is 31.4 Å². The molecule has 0 radical (unpaired) electrons. The first kappa shape index (κ1) is 14.2. The summed E-state index contributed by atoms with van der Waals surface area (Å²) in [5, 5.41) is 6.48. The van der Waals surface area contributed by atoms with Gasteiger partial charge in [-0.3, -0.25) is 4.79 Å². The molecule has 1 atom stereocenters. The van der Waals surface area contributed by atoms with Crippen LogP contribution in [-0.4, -0.2) is 25.6 Å². The summed E-state index contributed by atoms with van der Waals surface area (Å²) in [5.74, 6) is 0.563. The van der Waals surface area contributed by atoms with Gasteiger partial charge in [0.15, 0.2) is 6.10 Å². The van der Waals surface area contributed by atoms with Crippen LogP contribution in [0.4, 0.5) is 0 Å². The first-order valence-corrected chi connectivity index (χ1v) is 6.96. The van der Waals surface area contributed by atoms with Crippen LogP contribution in [0.2, 0.25) is 5.02 Å². The number of hydrogen-bond acceptors (Lipinski definition) is 3. The minimum Gasteiger partial charge on any atom is -0.479 e. The van der Waals surface area contributed by atoms with Gasteiger partial charge in [0.2, 0.25) is 0 Å². The number of nitrogens with one attached hydrogen (secondary N) is 2. The third kappa shape index (κ3) is 3.61. The SMILES string of the molecule is CNCc1cccc(Cl)c1OC1CCCCNC1=O. The second-order valence-electron chi connectivity index (χ2n) is 4.65. The summed E-state index contributed by atoms with van der Waals surface area (Å²) in [6.45, 7) is 1.38. The number of carbonyl (C=O) groups is 1. The van der Waals surface area contributed by atoms with Crippen molar-refractivity contribution in [3.8, 4) is 5.75 Å². The van der Waals surface area contributed by atoms with Gasteiger partial charge in [-0.1, -0.05) is 23.7 Å². The fourth-order valence-corrected chi connectivity index (χ4v) is 2.42. The molecule has 1 saturated heterocycles. The van der Waals surface area contributed by atoms with Gasteiger partial charge in [0, 0.05) is 18.7 Å². The molecule has 4 nitrogen and oxygen atoms in total. The highest BCUT2D eigenvalue weighted by Crippen LogP contribution is 2.30. The summed E-state index contributed by atoms with van der Waals surface area (Å²) >= 11 is 6.19. The molecular formula is C14H19ClN2O2. The zero-order chi connectivity index (χ0) is 13.7. The minimum absolute atomic E-state index is 0.0483. The molecule has 19 heavy (non-hydrogen) atoms. The Morgan fingerprint density at radius 3 is 3.11 bits per heavy atom. The first-order chi connectivity index (χ1) is 9.22. The fourth-order valence-electron chi connectivity index (χ4n) is 2.18. The van der Waals surface area contributed by atoms with E-state index in [4.69, 9.17) is 16.3 Å². The van der Waals surface area contributed by atoms with Crippen molar-refractivity contribution >= 4 is 17.5 Å². The molecule has 2 rings (SSSR count). The lowest BCUT2D eigenvalue weighted by Gasteiger charge is -2.19. The van der Waals surface area contributed by atoms with Crippen LogP contribution in [0.5, 0.6) is 5.75 Å². The van der Waals surface area contributed by atoms with Crippen LogP contribution in [0.25, 0.3) is 0 Å². The summed E-state index contributed by atoms with van der Waals surface area (Å²) in [7, 11) is 1.86. The summed E-state index contributed by atoms with van der Waals surface area (Å²) in [6, 6.07) is 5.62. The summed E-state index contributed by atoms with van der Waals surface area (Å²) in [4.78, 5) is 11.9. The van der Waals surface area contributed by atoms with Crippen LogP contribution in [-0.2, 0) is 11.3 Å². The first-order valence-electron chi connectivity index (χ1n) is 6.58. The molecule has 1 heterocycles. The number of halogens is 1. The smallest absolute Gasteiger partial charge is 0.261 e. The van der Waals surface area contributed by atoms with Gasteiger partial charge in [0.05, 0.1) is 5.02 Å². The Balaban J connectivity index is 2.19. The molecule has 0 saturated carbocycles. The maximum absolute atomic E-state index is 11.9. The highest BCUT2D eigenvalue weighted by molar-refractivity contribution is 6.32. The second-order valence-corrected chi connectivity index (χ2v) is 5.06. The van der Waals surface area contributed by atoms with Gasteiger partial charge in [0.25, 0.3) is 5.91 Å². The Hall–Kier alpha value is -1.26. The van der Waals surface area contributed by atoms with E-state index in [1.807, 2.05) is 19.2 Å². The maximum Gasteiger partial charge on any atom is 0.261 e. The number of para-hydroxylation sites is 1. The molecular weight excluding hydrogens is 264 g/mol. The van der Waals surface area contributed by atoms with Gasteiger partial charge < -0.3 is 15.4 Å². The van der Waals surface area contributed by atoms with E-state index in [1.165, 1.54) is 0 Å². The lowest BCUT2D eigenvalue weighted by atomic mass is 10.1. The van der Waals surface area contributed by atoms with Crippen LogP contribution in [0.3, 0.4) is 0 Å². The van der Waals surface area contributed by atoms with Gasteiger partial charge >= 0.3 is 0 Å². The minimum atomic E-state index is -0.446. The van der Waals surface area contributed by atoms with Crippen molar-refractivity contribution < 1.29 is 9.53 Å². The number of benzene rings is 1. The zero-order valence-electron chi connectivity index (χ0n) is 11.0. The van der Waals surface area contributed by atoms with E-state index in [2.05, 4.69) is 10.6 Å². The van der Waals surface area contributed by atoms with Gasteiger partial charge in [0.1, 0.15) is 5.75 Å². The zero-order valence-corrected chi connectivity index (χ0v) is 11.8. The predicted octanol–water partition coefficient (Wildman–Crippen LogP) is 2.11. The highest BCUT2D eigenvalue weighted by Gasteiger charge is 2.24. The topological polar surface area (TPSA) is 50.4 Å². The molecule has 1 aliphatic heterocycles. The summed E-state index contributed by atoms with van der Waals surface area (Å²) in [5.41, 5.74) is 0.965. The standard InChI is InChI=1S/C14H19ClN2O2/c1-16-9-10-5-4-6-11(15)13(10)19-12-7-2-3-8-17-14(12)18/h4-6,12,16H,2-3,7-9H2,1H3,(H,17,18). The van der Waals surface area contributed by atoms with Gasteiger partial charge in [-0.2, -0.15) is 0 Å². The van der Waals surface area contributed by atoms with E-state index < -0.39 is 6.10 Å². The van der Waals surface area contributed by atoms with Crippen molar-refractivity contribution in [2.75, 3.05) is 13.6 Å². The second kappa shape index (κ2) is 6.78. The van der Waals surface area contributed by atoms with Gasteiger partial charge in [-0.15, -0.1) is 0 Å². The lowest BCUT2D eigenvalue weighted by Crippen LogP contribution is -2.36. The van der Waals surface area contributed by atoms with Crippen molar-refractivity contribution in [3.63, 3.8) is 0 Å².